The van der Waals surface area contributed by atoms with Crippen LogP contribution < -0.4 is 15.4 Å². The molecule has 0 bridgehead atoms. The molecule has 1 saturated heterocycles. The summed E-state index contributed by atoms with van der Waals surface area (Å²) in [5.74, 6) is 1.72. The fraction of sp³-hybridized carbons (Fsp3) is 0.389. The van der Waals surface area contributed by atoms with Crippen LogP contribution in [0.5, 0.6) is 5.75 Å². The first-order chi connectivity index (χ1) is 11.7. The molecule has 2 aromatic rings. The summed E-state index contributed by atoms with van der Waals surface area (Å²) in [6.07, 6.45) is 3.27. The van der Waals surface area contributed by atoms with Crippen LogP contribution in [-0.2, 0) is 6.42 Å². The van der Waals surface area contributed by atoms with E-state index in [4.69, 9.17) is 10.5 Å². The fourth-order valence-electron chi connectivity index (χ4n) is 3.25. The number of carbonyl (C=O) groups is 1. The van der Waals surface area contributed by atoms with Crippen LogP contribution in [0, 0.1) is 5.92 Å². The standard InChI is InChI=1S/C18H22N4O2/c1-24-16-7-3-2-6-14(16)11-13-5-4-10-22(12-13)17-9-8-15(18(19)23)20-21-17/h2-3,6-9,13H,4-5,10-12H2,1H3,(H2,19,23)/t13-/m0/s1. The van der Waals surface area contributed by atoms with Crippen molar-refractivity contribution in [3.63, 3.8) is 0 Å². The summed E-state index contributed by atoms with van der Waals surface area (Å²) in [5, 5.41) is 8.05. The molecule has 0 radical (unpaired) electrons. The highest BCUT2D eigenvalue weighted by molar-refractivity contribution is 5.90. The van der Waals surface area contributed by atoms with Crippen molar-refractivity contribution in [2.24, 2.45) is 11.7 Å². The summed E-state index contributed by atoms with van der Waals surface area (Å²) in [6, 6.07) is 11.6. The summed E-state index contributed by atoms with van der Waals surface area (Å²) >= 11 is 0. The number of methoxy groups -OCH3 is 1. The first-order valence-electron chi connectivity index (χ1n) is 8.17. The van der Waals surface area contributed by atoms with Crippen molar-refractivity contribution < 1.29 is 9.53 Å². The number of nitrogens with zero attached hydrogens (tertiary/aromatic N) is 3. The highest BCUT2D eigenvalue weighted by Crippen LogP contribution is 2.27. The monoisotopic (exact) mass is 326 g/mol. The van der Waals surface area contributed by atoms with Crippen molar-refractivity contribution in [3.8, 4) is 5.75 Å². The maximum Gasteiger partial charge on any atom is 0.269 e. The molecule has 1 aromatic carbocycles. The number of piperidine rings is 1. The molecule has 24 heavy (non-hydrogen) atoms. The Morgan fingerprint density at radius 2 is 2.12 bits per heavy atom. The largest absolute Gasteiger partial charge is 0.496 e. The average molecular weight is 326 g/mol. The van der Waals surface area contributed by atoms with Gasteiger partial charge in [-0.25, -0.2) is 0 Å². The number of aromatic nitrogens is 2. The zero-order chi connectivity index (χ0) is 16.9. The van der Waals surface area contributed by atoms with Gasteiger partial charge in [-0.1, -0.05) is 18.2 Å². The predicted molar refractivity (Wildman–Crippen MR) is 92.2 cm³/mol. The van der Waals surface area contributed by atoms with Gasteiger partial charge in [0.15, 0.2) is 11.5 Å². The lowest BCUT2D eigenvalue weighted by molar-refractivity contribution is 0.0994. The molecule has 1 aromatic heterocycles. The minimum atomic E-state index is -0.554. The molecule has 1 amide bonds. The number of hydrogen-bond acceptors (Lipinski definition) is 5. The molecule has 6 nitrogen and oxygen atoms in total. The van der Waals surface area contributed by atoms with Crippen LogP contribution >= 0.6 is 0 Å². The molecule has 3 rings (SSSR count). The Hall–Kier alpha value is -2.63. The van der Waals surface area contributed by atoms with Crippen molar-refractivity contribution in [1.82, 2.24) is 10.2 Å². The minimum absolute atomic E-state index is 0.196. The Balaban J connectivity index is 1.69. The van der Waals surface area contributed by atoms with Gasteiger partial charge in [0, 0.05) is 13.1 Å². The number of carbonyl (C=O) groups excluding carboxylic acids is 1. The zero-order valence-corrected chi connectivity index (χ0v) is 13.8. The molecular weight excluding hydrogens is 304 g/mol. The highest BCUT2D eigenvalue weighted by Gasteiger charge is 2.22. The van der Waals surface area contributed by atoms with Gasteiger partial charge in [0.1, 0.15) is 5.75 Å². The molecule has 0 saturated carbocycles. The van der Waals surface area contributed by atoms with Crippen LogP contribution in [0.4, 0.5) is 5.82 Å². The molecule has 126 valence electrons. The molecule has 2 heterocycles. The second-order valence-electron chi connectivity index (χ2n) is 6.11. The van der Waals surface area contributed by atoms with Crippen LogP contribution in [0.25, 0.3) is 0 Å². The number of nitrogens with two attached hydrogens (primary N) is 1. The van der Waals surface area contributed by atoms with E-state index in [1.807, 2.05) is 24.3 Å². The van der Waals surface area contributed by atoms with E-state index in [0.717, 1.165) is 37.5 Å². The lowest BCUT2D eigenvalue weighted by Gasteiger charge is -2.33. The van der Waals surface area contributed by atoms with Gasteiger partial charge in [0.25, 0.3) is 5.91 Å². The highest BCUT2D eigenvalue weighted by atomic mass is 16.5. The van der Waals surface area contributed by atoms with Crippen LogP contribution in [-0.4, -0.2) is 36.3 Å². The van der Waals surface area contributed by atoms with Gasteiger partial charge in [-0.15, -0.1) is 10.2 Å². The van der Waals surface area contributed by atoms with Crippen molar-refractivity contribution in [1.29, 1.82) is 0 Å². The molecule has 1 fully saturated rings. The number of primary amides is 1. The second kappa shape index (κ2) is 7.29. The normalized spacial score (nSPS) is 17.5. The number of anilines is 1. The van der Waals surface area contributed by atoms with Crippen LogP contribution in [0.2, 0.25) is 0 Å². The molecule has 1 aliphatic rings. The molecule has 1 atom stereocenters. The third kappa shape index (κ3) is 3.64. The van der Waals surface area contributed by atoms with E-state index in [2.05, 4.69) is 21.2 Å². The Labute approximate surface area is 141 Å². The number of benzene rings is 1. The smallest absolute Gasteiger partial charge is 0.269 e. The van der Waals surface area contributed by atoms with Crippen molar-refractivity contribution in [3.05, 3.63) is 47.7 Å². The summed E-state index contributed by atoms with van der Waals surface area (Å²) in [5.41, 5.74) is 6.64. The Morgan fingerprint density at radius 1 is 1.29 bits per heavy atom. The quantitative estimate of drug-likeness (QED) is 0.909. The summed E-state index contributed by atoms with van der Waals surface area (Å²) in [7, 11) is 1.71. The van der Waals surface area contributed by atoms with E-state index in [0.29, 0.717) is 5.92 Å². The Bertz CT molecular complexity index is 702. The van der Waals surface area contributed by atoms with Crippen molar-refractivity contribution >= 4 is 11.7 Å². The summed E-state index contributed by atoms with van der Waals surface area (Å²) in [4.78, 5) is 13.3. The van der Waals surface area contributed by atoms with E-state index in [1.165, 1.54) is 12.0 Å². The maximum absolute atomic E-state index is 11.1. The van der Waals surface area contributed by atoms with E-state index < -0.39 is 5.91 Å². The van der Waals surface area contributed by atoms with E-state index in [1.54, 1.807) is 13.2 Å². The molecule has 0 unspecified atom stereocenters. The molecule has 0 aliphatic carbocycles. The van der Waals surface area contributed by atoms with E-state index >= 15 is 0 Å². The SMILES string of the molecule is COc1ccccc1C[C@@H]1CCCN(c2ccc(C(N)=O)nn2)C1. The molecule has 2 N–H and O–H groups in total. The third-order valence-electron chi connectivity index (χ3n) is 4.45. The molecule has 0 spiro atoms. The van der Waals surface area contributed by atoms with Crippen molar-refractivity contribution in [2.75, 3.05) is 25.1 Å². The first kappa shape index (κ1) is 16.2. The first-order valence-corrected chi connectivity index (χ1v) is 8.17. The second-order valence-corrected chi connectivity index (χ2v) is 6.11. The topological polar surface area (TPSA) is 81.3 Å². The zero-order valence-electron chi connectivity index (χ0n) is 13.8. The van der Waals surface area contributed by atoms with Crippen LogP contribution in [0.1, 0.15) is 28.9 Å². The number of para-hydroxylation sites is 1. The number of amides is 1. The number of rotatable bonds is 5. The van der Waals surface area contributed by atoms with Gasteiger partial charge in [-0.3, -0.25) is 4.79 Å². The Morgan fingerprint density at radius 3 is 2.83 bits per heavy atom. The molecule has 1 aliphatic heterocycles. The fourth-order valence-corrected chi connectivity index (χ4v) is 3.25. The van der Waals surface area contributed by atoms with Crippen LogP contribution in [0.15, 0.2) is 36.4 Å². The lowest BCUT2D eigenvalue weighted by Crippen LogP contribution is -2.37. The summed E-state index contributed by atoms with van der Waals surface area (Å²) < 4.78 is 5.45. The van der Waals surface area contributed by atoms with Crippen molar-refractivity contribution in [2.45, 2.75) is 19.3 Å². The maximum atomic E-state index is 11.1. The van der Waals surface area contributed by atoms with Crippen LogP contribution in [0.3, 0.4) is 0 Å². The van der Waals surface area contributed by atoms with Gasteiger partial charge in [-0.05, 0) is 48.9 Å². The predicted octanol–water partition coefficient (Wildman–Crippen LogP) is 2.04. The van der Waals surface area contributed by atoms with Gasteiger partial charge < -0.3 is 15.4 Å². The molecular formula is C18H22N4O2. The van der Waals surface area contributed by atoms with Gasteiger partial charge in [0.2, 0.25) is 0 Å². The van der Waals surface area contributed by atoms with Gasteiger partial charge in [-0.2, -0.15) is 0 Å². The van der Waals surface area contributed by atoms with Gasteiger partial charge >= 0.3 is 0 Å². The number of ether oxygens (including phenoxy) is 1. The average Bonchev–Trinajstić information content (AvgIpc) is 2.62. The number of hydrogen-bond donors (Lipinski definition) is 1. The molecule has 6 heteroatoms. The minimum Gasteiger partial charge on any atom is -0.496 e. The third-order valence-corrected chi connectivity index (χ3v) is 4.45. The van der Waals surface area contributed by atoms with E-state index in [9.17, 15) is 4.79 Å². The lowest BCUT2D eigenvalue weighted by atomic mass is 9.91. The van der Waals surface area contributed by atoms with E-state index in [-0.39, 0.29) is 5.69 Å². The Kier molecular flexibility index (Phi) is 4.93. The summed E-state index contributed by atoms with van der Waals surface area (Å²) in [6.45, 7) is 1.87. The van der Waals surface area contributed by atoms with Gasteiger partial charge in [0.05, 0.1) is 7.11 Å².